The number of fused-ring (bicyclic) bond motifs is 1. The van der Waals surface area contributed by atoms with Gasteiger partial charge in [-0.2, -0.15) is 4.39 Å². The Labute approximate surface area is 202 Å². The number of carbonyl (C=O) groups is 1. The second-order valence-corrected chi connectivity index (χ2v) is 10.3. The highest BCUT2D eigenvalue weighted by atomic mass is 19.1. The lowest BCUT2D eigenvalue weighted by Crippen LogP contribution is -2.37. The summed E-state index contributed by atoms with van der Waals surface area (Å²) in [6.07, 6.45) is -0.0606. The molecule has 0 saturated carbocycles. The normalized spacial score (nSPS) is 25.1. The molecule has 1 unspecified atom stereocenters. The molecule has 2 aromatic rings. The Bertz CT molecular complexity index is 1160. The van der Waals surface area contributed by atoms with Crippen LogP contribution < -0.4 is 0 Å². The first-order valence-electron chi connectivity index (χ1n) is 11.6. The van der Waals surface area contributed by atoms with Crippen molar-refractivity contribution in [3.63, 3.8) is 0 Å². The molecule has 3 heterocycles. The molecular formula is C24H31FN2O8. The van der Waals surface area contributed by atoms with Gasteiger partial charge < -0.3 is 28.6 Å². The predicted octanol–water partition coefficient (Wildman–Crippen LogP) is 4.11. The fraction of sp³-hybridized carbons (Fsp3) is 0.625. The third-order valence-corrected chi connectivity index (χ3v) is 6.69. The van der Waals surface area contributed by atoms with Gasteiger partial charge >= 0.3 is 11.7 Å². The van der Waals surface area contributed by atoms with E-state index in [1.54, 1.807) is 45.3 Å². The second kappa shape index (κ2) is 8.81. The molecule has 0 spiro atoms. The molecule has 4 rings (SSSR count). The number of aliphatic carboxylic acids is 1. The number of nitro groups is 1. The molecule has 1 aromatic heterocycles. The molecule has 3 atom stereocenters. The van der Waals surface area contributed by atoms with E-state index in [9.17, 15) is 24.4 Å². The van der Waals surface area contributed by atoms with Crippen LogP contribution in [0.3, 0.4) is 0 Å². The summed E-state index contributed by atoms with van der Waals surface area (Å²) in [7, 11) is 0. The molecule has 35 heavy (non-hydrogen) atoms. The van der Waals surface area contributed by atoms with Crippen LogP contribution in [0.5, 0.6) is 0 Å². The lowest BCUT2D eigenvalue weighted by atomic mass is 9.81. The van der Waals surface area contributed by atoms with Gasteiger partial charge in [0.2, 0.25) is 5.82 Å². The van der Waals surface area contributed by atoms with Crippen molar-refractivity contribution in [1.29, 1.82) is 0 Å². The summed E-state index contributed by atoms with van der Waals surface area (Å²) < 4.78 is 39.3. The predicted molar refractivity (Wildman–Crippen MR) is 123 cm³/mol. The second-order valence-electron chi connectivity index (χ2n) is 10.3. The zero-order valence-corrected chi connectivity index (χ0v) is 20.5. The van der Waals surface area contributed by atoms with Crippen molar-refractivity contribution >= 4 is 22.6 Å². The molecular weight excluding hydrogens is 463 g/mol. The van der Waals surface area contributed by atoms with Crippen molar-refractivity contribution in [2.45, 2.75) is 83.2 Å². The molecule has 11 heteroatoms. The Morgan fingerprint density at radius 3 is 2.29 bits per heavy atom. The minimum atomic E-state index is -1.39. The van der Waals surface area contributed by atoms with Gasteiger partial charge in [0.1, 0.15) is 11.5 Å². The third kappa shape index (κ3) is 5.04. The number of carboxylic acids is 1. The highest BCUT2D eigenvalue weighted by molar-refractivity contribution is 5.88. The summed E-state index contributed by atoms with van der Waals surface area (Å²) in [5.74, 6) is -3.60. The van der Waals surface area contributed by atoms with Gasteiger partial charge in [0.15, 0.2) is 11.6 Å². The van der Waals surface area contributed by atoms with E-state index in [0.29, 0.717) is 29.6 Å². The van der Waals surface area contributed by atoms with Crippen LogP contribution in [0.25, 0.3) is 10.9 Å². The molecule has 0 radical (unpaired) electrons. The number of nitrogens with zero attached hydrogens (tertiary/aromatic N) is 2. The van der Waals surface area contributed by atoms with E-state index in [1.165, 1.54) is 0 Å². The van der Waals surface area contributed by atoms with E-state index in [0.717, 1.165) is 12.1 Å². The maximum absolute atomic E-state index is 14.6. The van der Waals surface area contributed by atoms with Gasteiger partial charge in [-0.15, -0.1) is 0 Å². The topological polar surface area (TPSA) is 122 Å². The first-order valence-corrected chi connectivity index (χ1v) is 11.6. The zero-order chi connectivity index (χ0) is 25.8. The van der Waals surface area contributed by atoms with E-state index in [4.69, 9.17) is 18.9 Å². The number of rotatable bonds is 8. The van der Waals surface area contributed by atoms with Crippen LogP contribution in [0.4, 0.5) is 10.1 Å². The van der Waals surface area contributed by atoms with E-state index >= 15 is 0 Å². The lowest BCUT2D eigenvalue weighted by molar-refractivity contribution is -0.387. The van der Waals surface area contributed by atoms with Gasteiger partial charge in [-0.25, -0.2) is 0 Å². The minimum Gasteiger partial charge on any atom is -0.481 e. The summed E-state index contributed by atoms with van der Waals surface area (Å²) in [4.78, 5) is 23.2. The summed E-state index contributed by atoms with van der Waals surface area (Å²) in [6, 6.07) is 3.81. The summed E-state index contributed by atoms with van der Waals surface area (Å²) >= 11 is 0. The summed E-state index contributed by atoms with van der Waals surface area (Å²) in [5.41, 5.74) is -1.31. The molecule has 192 valence electrons. The fourth-order valence-corrected chi connectivity index (χ4v) is 4.82. The maximum Gasteiger partial charge on any atom is 0.315 e. The van der Waals surface area contributed by atoms with E-state index in [1.807, 2.05) is 0 Å². The van der Waals surface area contributed by atoms with Crippen molar-refractivity contribution in [2.75, 3.05) is 13.2 Å². The highest BCUT2D eigenvalue weighted by Crippen LogP contribution is 2.38. The summed E-state index contributed by atoms with van der Waals surface area (Å²) in [5, 5.41) is 22.0. The zero-order valence-electron chi connectivity index (χ0n) is 20.5. The standard InChI is InChI=1S/C24H31FN2O8/c1-22(2)32-12-15(34-22)6-7-24(5,21(28)29)20-9-14-8-19(27(30)31)17(25)10-18(14)26(20)11-16-13-33-23(3,4)35-16/h8-10,15-16H,6-7,11-13H2,1-5H3,(H,28,29)/t15-,16+,24?/m0/s1. The van der Waals surface area contributed by atoms with Crippen molar-refractivity contribution in [3.05, 3.63) is 39.8 Å². The van der Waals surface area contributed by atoms with Crippen LogP contribution >= 0.6 is 0 Å². The number of benzene rings is 1. The Hall–Kier alpha value is -2.60. The fourth-order valence-electron chi connectivity index (χ4n) is 4.82. The Balaban J connectivity index is 1.76. The van der Waals surface area contributed by atoms with E-state index < -0.39 is 45.5 Å². The molecule has 2 aliphatic heterocycles. The minimum absolute atomic E-state index is 0.193. The van der Waals surface area contributed by atoms with Gasteiger partial charge in [-0.05, 0) is 53.5 Å². The molecule has 0 aliphatic carbocycles. The van der Waals surface area contributed by atoms with Crippen LogP contribution in [0.1, 0.15) is 53.2 Å². The lowest BCUT2D eigenvalue weighted by Gasteiger charge is -2.29. The number of nitro benzene ring substituents is 1. The Kier molecular flexibility index (Phi) is 6.41. The van der Waals surface area contributed by atoms with Gasteiger partial charge in [-0.1, -0.05) is 0 Å². The van der Waals surface area contributed by atoms with Crippen LogP contribution in [0, 0.1) is 15.9 Å². The first-order chi connectivity index (χ1) is 16.2. The third-order valence-electron chi connectivity index (χ3n) is 6.69. The SMILES string of the molecule is CC1(C)OC[C@H](CCC(C)(C(=O)O)c2cc3cc([N+](=O)[O-])c(F)cc3n2C[C@@H]2COC(C)(C)O2)O1. The van der Waals surface area contributed by atoms with Crippen molar-refractivity contribution < 1.29 is 38.2 Å². The van der Waals surface area contributed by atoms with Gasteiger partial charge in [0.25, 0.3) is 0 Å². The van der Waals surface area contributed by atoms with Crippen LogP contribution in [-0.2, 0) is 35.7 Å². The average molecular weight is 495 g/mol. The monoisotopic (exact) mass is 494 g/mol. The largest absolute Gasteiger partial charge is 0.481 e. The van der Waals surface area contributed by atoms with Gasteiger partial charge in [-0.3, -0.25) is 14.9 Å². The quantitative estimate of drug-likeness (QED) is 0.430. The number of carboxylic acid groups (broad SMARTS) is 1. The molecule has 2 fully saturated rings. The van der Waals surface area contributed by atoms with Crippen LogP contribution in [0.2, 0.25) is 0 Å². The number of hydrogen-bond donors (Lipinski definition) is 1. The molecule has 10 nitrogen and oxygen atoms in total. The van der Waals surface area contributed by atoms with Gasteiger partial charge in [0, 0.05) is 23.2 Å². The van der Waals surface area contributed by atoms with E-state index in [2.05, 4.69) is 0 Å². The molecule has 1 N–H and O–H groups in total. The number of halogens is 1. The average Bonchev–Trinajstić information content (AvgIpc) is 3.40. The highest BCUT2D eigenvalue weighted by Gasteiger charge is 2.42. The smallest absolute Gasteiger partial charge is 0.315 e. The Morgan fingerprint density at radius 1 is 1.17 bits per heavy atom. The molecule has 2 aliphatic rings. The van der Waals surface area contributed by atoms with Crippen LogP contribution in [0.15, 0.2) is 18.2 Å². The molecule has 0 bridgehead atoms. The first kappa shape index (κ1) is 25.5. The number of aromatic nitrogens is 1. The van der Waals surface area contributed by atoms with E-state index in [-0.39, 0.29) is 25.7 Å². The molecule has 2 saturated heterocycles. The van der Waals surface area contributed by atoms with Crippen LogP contribution in [-0.4, -0.2) is 57.6 Å². The van der Waals surface area contributed by atoms with Crippen molar-refractivity contribution in [3.8, 4) is 0 Å². The number of ether oxygens (including phenoxy) is 4. The van der Waals surface area contributed by atoms with Crippen molar-refractivity contribution in [2.24, 2.45) is 0 Å². The van der Waals surface area contributed by atoms with Crippen molar-refractivity contribution in [1.82, 2.24) is 4.57 Å². The Morgan fingerprint density at radius 2 is 1.77 bits per heavy atom. The summed E-state index contributed by atoms with van der Waals surface area (Å²) in [6.45, 7) is 9.57. The number of hydrogen-bond acceptors (Lipinski definition) is 7. The molecule has 1 aromatic carbocycles. The van der Waals surface area contributed by atoms with Gasteiger partial charge in [0.05, 0.1) is 36.3 Å². The maximum atomic E-state index is 14.6. The molecule has 0 amide bonds.